The van der Waals surface area contributed by atoms with Crippen LogP contribution in [0.3, 0.4) is 0 Å². The Bertz CT molecular complexity index is 678. The molecule has 1 amide bonds. The first-order valence-electron chi connectivity index (χ1n) is 6.52. The Hall–Kier alpha value is -2.77. The normalized spacial score (nSPS) is 13.8. The van der Waals surface area contributed by atoms with Crippen molar-refractivity contribution in [2.75, 3.05) is 13.1 Å². The number of carbonyl (C=O) groups excluding carboxylic acids is 1. The van der Waals surface area contributed by atoms with Crippen LogP contribution in [0.5, 0.6) is 0 Å². The third kappa shape index (κ3) is 2.47. The number of pyridine rings is 1. The van der Waals surface area contributed by atoms with Gasteiger partial charge >= 0.3 is 5.97 Å². The van der Waals surface area contributed by atoms with E-state index in [1.165, 1.54) is 10.9 Å². The number of likely N-dealkylation sites (tertiary alicyclic amines) is 1. The van der Waals surface area contributed by atoms with E-state index in [1.54, 1.807) is 23.2 Å². The number of nitrogens with zero attached hydrogens (tertiary/aromatic N) is 5. The molecule has 0 unspecified atom stereocenters. The Morgan fingerprint density at radius 3 is 2.71 bits per heavy atom. The number of hydrogen-bond donors (Lipinski definition) is 1. The average Bonchev–Trinajstić information content (AvgIpc) is 2.81. The van der Waals surface area contributed by atoms with E-state index in [4.69, 9.17) is 0 Å². The zero-order valence-corrected chi connectivity index (χ0v) is 11.1. The number of hydrogen-bond acceptors (Lipinski definition) is 5. The fourth-order valence-corrected chi connectivity index (χ4v) is 2.15. The van der Waals surface area contributed by atoms with Crippen molar-refractivity contribution in [2.24, 2.45) is 0 Å². The summed E-state index contributed by atoms with van der Waals surface area (Å²) in [5.74, 6) is -1.27. The van der Waals surface area contributed by atoms with E-state index < -0.39 is 5.97 Å². The highest BCUT2D eigenvalue weighted by Gasteiger charge is 2.25. The van der Waals surface area contributed by atoms with Gasteiger partial charge in [0.1, 0.15) is 12.2 Å². The van der Waals surface area contributed by atoms with Gasteiger partial charge in [0.2, 0.25) is 5.91 Å². The molecule has 0 saturated carbocycles. The summed E-state index contributed by atoms with van der Waals surface area (Å²) in [4.78, 5) is 29.0. The third-order valence-electron chi connectivity index (χ3n) is 3.37. The number of aromatic nitrogens is 4. The highest BCUT2D eigenvalue weighted by molar-refractivity contribution is 5.92. The second kappa shape index (κ2) is 5.31. The molecule has 1 aliphatic heterocycles. The predicted molar refractivity (Wildman–Crippen MR) is 71.4 cm³/mol. The molecule has 0 atom stereocenters. The molecule has 1 fully saturated rings. The maximum atomic E-state index is 12.0. The molecule has 1 saturated heterocycles. The second-order valence-electron chi connectivity index (χ2n) is 4.73. The molecule has 108 valence electrons. The number of carboxylic acids is 1. The first-order chi connectivity index (χ1) is 10.2. The van der Waals surface area contributed by atoms with Gasteiger partial charge in [0.05, 0.1) is 0 Å². The predicted octanol–water partition coefficient (Wildman–Crippen LogP) is 0.271. The Labute approximate surface area is 120 Å². The van der Waals surface area contributed by atoms with Crippen molar-refractivity contribution in [1.82, 2.24) is 24.9 Å². The number of rotatable bonds is 4. The van der Waals surface area contributed by atoms with Gasteiger partial charge in [-0.2, -0.15) is 0 Å². The number of amides is 1. The van der Waals surface area contributed by atoms with Gasteiger partial charge in [0.15, 0.2) is 5.69 Å². The zero-order chi connectivity index (χ0) is 14.8. The van der Waals surface area contributed by atoms with Crippen LogP contribution in [0.25, 0.3) is 11.3 Å². The molecule has 21 heavy (non-hydrogen) atoms. The number of carbonyl (C=O) groups is 2. The van der Waals surface area contributed by atoms with Crippen LogP contribution in [0.2, 0.25) is 0 Å². The van der Waals surface area contributed by atoms with Gasteiger partial charge in [0, 0.05) is 31.0 Å². The van der Waals surface area contributed by atoms with Gasteiger partial charge in [-0.1, -0.05) is 5.21 Å². The monoisotopic (exact) mass is 287 g/mol. The van der Waals surface area contributed by atoms with Crippen molar-refractivity contribution in [1.29, 1.82) is 0 Å². The van der Waals surface area contributed by atoms with E-state index in [0.29, 0.717) is 11.3 Å². The van der Waals surface area contributed by atoms with Crippen LogP contribution < -0.4 is 0 Å². The molecule has 1 N–H and O–H groups in total. The van der Waals surface area contributed by atoms with Crippen molar-refractivity contribution >= 4 is 11.9 Å². The molecule has 2 aromatic heterocycles. The lowest BCUT2D eigenvalue weighted by Gasteiger charge is -2.30. The van der Waals surface area contributed by atoms with Crippen molar-refractivity contribution in [3.63, 3.8) is 0 Å². The van der Waals surface area contributed by atoms with Crippen LogP contribution >= 0.6 is 0 Å². The van der Waals surface area contributed by atoms with E-state index in [0.717, 1.165) is 19.5 Å². The molecule has 0 spiro atoms. The zero-order valence-electron chi connectivity index (χ0n) is 11.1. The Morgan fingerprint density at radius 2 is 2.14 bits per heavy atom. The maximum Gasteiger partial charge on any atom is 0.358 e. The van der Waals surface area contributed by atoms with Crippen molar-refractivity contribution < 1.29 is 14.7 Å². The Balaban J connectivity index is 1.97. The number of aromatic carboxylic acids is 1. The van der Waals surface area contributed by atoms with Gasteiger partial charge in [0.25, 0.3) is 0 Å². The van der Waals surface area contributed by atoms with Gasteiger partial charge in [-0.3, -0.25) is 9.78 Å². The molecule has 2 aromatic rings. The summed E-state index contributed by atoms with van der Waals surface area (Å²) < 4.78 is 1.32. The largest absolute Gasteiger partial charge is 0.476 e. The third-order valence-corrected chi connectivity index (χ3v) is 3.37. The summed E-state index contributed by atoms with van der Waals surface area (Å²) in [5.41, 5.74) is 0.681. The van der Waals surface area contributed by atoms with E-state index in [1.807, 2.05) is 0 Å². The van der Waals surface area contributed by atoms with Gasteiger partial charge in [-0.25, -0.2) is 9.48 Å². The van der Waals surface area contributed by atoms with E-state index in [-0.39, 0.29) is 18.1 Å². The van der Waals surface area contributed by atoms with Crippen LogP contribution in [0.15, 0.2) is 24.5 Å². The molecule has 8 nitrogen and oxygen atoms in total. The maximum absolute atomic E-state index is 12.0. The molecule has 0 bridgehead atoms. The summed E-state index contributed by atoms with van der Waals surface area (Å²) in [7, 11) is 0. The van der Waals surface area contributed by atoms with E-state index in [9.17, 15) is 14.7 Å². The van der Waals surface area contributed by atoms with Crippen LogP contribution in [-0.4, -0.2) is 55.0 Å². The van der Waals surface area contributed by atoms with Crippen LogP contribution in [0, 0.1) is 0 Å². The Morgan fingerprint density at radius 1 is 1.33 bits per heavy atom. The quantitative estimate of drug-likeness (QED) is 0.866. The smallest absolute Gasteiger partial charge is 0.358 e. The second-order valence-corrected chi connectivity index (χ2v) is 4.73. The fourth-order valence-electron chi connectivity index (χ4n) is 2.15. The minimum Gasteiger partial charge on any atom is -0.476 e. The standard InChI is InChI=1S/C13H13N5O3/c19-10(17-5-2-6-17)8-18-12(9-3-1-4-14-7-9)11(13(20)21)15-16-18/h1,3-4,7H,2,5-6,8H2,(H,20,21). The Kier molecular flexibility index (Phi) is 3.35. The molecule has 3 heterocycles. The molecule has 8 heteroatoms. The van der Waals surface area contributed by atoms with Crippen molar-refractivity contribution in [3.05, 3.63) is 30.2 Å². The summed E-state index contributed by atoms with van der Waals surface area (Å²) in [6, 6.07) is 3.40. The van der Waals surface area contributed by atoms with Crippen LogP contribution in [0.4, 0.5) is 0 Å². The lowest BCUT2D eigenvalue weighted by Crippen LogP contribution is -2.43. The lowest BCUT2D eigenvalue weighted by atomic mass is 10.1. The van der Waals surface area contributed by atoms with E-state index in [2.05, 4.69) is 15.3 Å². The number of carboxylic acid groups (broad SMARTS) is 1. The SMILES string of the molecule is O=C(O)c1nnn(CC(=O)N2CCC2)c1-c1cccnc1. The molecule has 0 aromatic carbocycles. The van der Waals surface area contributed by atoms with Crippen molar-refractivity contribution in [3.8, 4) is 11.3 Å². The first-order valence-corrected chi connectivity index (χ1v) is 6.52. The summed E-state index contributed by atoms with van der Waals surface area (Å²) in [6.45, 7) is 1.45. The van der Waals surface area contributed by atoms with Crippen LogP contribution in [-0.2, 0) is 11.3 Å². The summed E-state index contributed by atoms with van der Waals surface area (Å²) in [6.07, 6.45) is 4.11. The highest BCUT2D eigenvalue weighted by atomic mass is 16.4. The fraction of sp³-hybridized carbons (Fsp3) is 0.308. The van der Waals surface area contributed by atoms with Gasteiger partial charge in [-0.05, 0) is 18.6 Å². The van der Waals surface area contributed by atoms with Gasteiger partial charge < -0.3 is 10.0 Å². The molecule has 0 radical (unpaired) electrons. The van der Waals surface area contributed by atoms with Crippen molar-refractivity contribution in [2.45, 2.75) is 13.0 Å². The molecular formula is C13H13N5O3. The molecule has 0 aliphatic carbocycles. The topological polar surface area (TPSA) is 101 Å². The first kappa shape index (κ1) is 13.2. The summed E-state index contributed by atoms with van der Waals surface area (Å²) in [5, 5.41) is 16.7. The average molecular weight is 287 g/mol. The van der Waals surface area contributed by atoms with Gasteiger partial charge in [-0.15, -0.1) is 5.10 Å². The molecular weight excluding hydrogens is 274 g/mol. The van der Waals surface area contributed by atoms with E-state index >= 15 is 0 Å². The summed E-state index contributed by atoms with van der Waals surface area (Å²) >= 11 is 0. The van der Waals surface area contributed by atoms with Crippen LogP contribution in [0.1, 0.15) is 16.9 Å². The molecule has 1 aliphatic rings. The minimum atomic E-state index is -1.18. The lowest BCUT2D eigenvalue weighted by molar-refractivity contribution is -0.135. The highest BCUT2D eigenvalue weighted by Crippen LogP contribution is 2.21. The minimum absolute atomic E-state index is 0.0233. The molecule has 3 rings (SSSR count).